The van der Waals surface area contributed by atoms with Gasteiger partial charge in [-0.15, -0.1) is 21.5 Å². The van der Waals surface area contributed by atoms with Gasteiger partial charge in [-0.25, -0.2) is 0 Å². The maximum atomic E-state index is 5.90. The van der Waals surface area contributed by atoms with Crippen LogP contribution in [0.5, 0.6) is 5.75 Å². The van der Waals surface area contributed by atoms with Crippen molar-refractivity contribution >= 4 is 17.0 Å². The zero-order chi connectivity index (χ0) is 17.9. The summed E-state index contributed by atoms with van der Waals surface area (Å²) >= 11 is 1.61. The third-order valence-electron chi connectivity index (χ3n) is 4.83. The number of hydrogen-bond donors (Lipinski definition) is 0. The van der Waals surface area contributed by atoms with Crippen molar-refractivity contribution in [2.75, 3.05) is 38.2 Å². The molecule has 26 heavy (non-hydrogen) atoms. The van der Waals surface area contributed by atoms with Crippen molar-refractivity contribution in [3.63, 3.8) is 0 Å². The van der Waals surface area contributed by atoms with Crippen molar-refractivity contribution in [3.05, 3.63) is 47.7 Å². The summed E-state index contributed by atoms with van der Waals surface area (Å²) in [5, 5.41) is 10.5. The van der Waals surface area contributed by atoms with E-state index < -0.39 is 0 Å². The van der Waals surface area contributed by atoms with Gasteiger partial charge in [-0.05, 0) is 42.6 Å². The lowest BCUT2D eigenvalue weighted by Crippen LogP contribution is -2.47. The number of anilines is 1. The van der Waals surface area contributed by atoms with Crippen molar-refractivity contribution in [1.29, 1.82) is 0 Å². The van der Waals surface area contributed by atoms with E-state index in [2.05, 4.69) is 39.1 Å². The zero-order valence-corrected chi connectivity index (χ0v) is 15.8. The van der Waals surface area contributed by atoms with Gasteiger partial charge in [0.1, 0.15) is 5.75 Å². The molecule has 2 aromatic heterocycles. The second kappa shape index (κ2) is 7.47. The highest BCUT2D eigenvalue weighted by molar-refractivity contribution is 7.13. The molecule has 0 N–H and O–H groups in total. The molecule has 0 saturated carbocycles. The smallest absolute Gasteiger partial charge is 0.257 e. The summed E-state index contributed by atoms with van der Waals surface area (Å²) in [5.74, 6) is 2.18. The highest BCUT2D eigenvalue weighted by atomic mass is 32.1. The van der Waals surface area contributed by atoms with Crippen molar-refractivity contribution in [2.24, 2.45) is 0 Å². The number of thiophene rings is 1. The molecular weight excluding hydrogens is 348 g/mol. The van der Waals surface area contributed by atoms with Crippen LogP contribution in [0.4, 0.5) is 5.69 Å². The maximum absolute atomic E-state index is 5.90. The average Bonchev–Trinajstić information content (AvgIpc) is 3.39. The van der Waals surface area contributed by atoms with E-state index in [-0.39, 0.29) is 6.04 Å². The molecular formula is C19H22N4O2S. The molecule has 3 heterocycles. The number of aromatic nitrogens is 2. The summed E-state index contributed by atoms with van der Waals surface area (Å²) in [7, 11) is 1.69. The van der Waals surface area contributed by atoms with E-state index in [4.69, 9.17) is 9.15 Å². The van der Waals surface area contributed by atoms with Crippen LogP contribution in [0.3, 0.4) is 0 Å². The van der Waals surface area contributed by atoms with Crippen LogP contribution in [-0.2, 0) is 0 Å². The number of hydrogen-bond acceptors (Lipinski definition) is 7. The van der Waals surface area contributed by atoms with Crippen molar-refractivity contribution in [3.8, 4) is 16.5 Å². The molecule has 0 bridgehead atoms. The fraction of sp³-hybridized carbons (Fsp3) is 0.368. The minimum absolute atomic E-state index is 0.120. The van der Waals surface area contributed by atoms with Gasteiger partial charge in [-0.2, -0.15) is 0 Å². The van der Waals surface area contributed by atoms with Crippen LogP contribution in [-0.4, -0.2) is 48.4 Å². The molecule has 6 nitrogen and oxygen atoms in total. The first-order chi connectivity index (χ1) is 12.7. The summed E-state index contributed by atoms with van der Waals surface area (Å²) < 4.78 is 11.1. The molecule has 0 unspecified atom stereocenters. The maximum Gasteiger partial charge on any atom is 0.257 e. The summed E-state index contributed by atoms with van der Waals surface area (Å²) in [6.07, 6.45) is 0. The van der Waals surface area contributed by atoms with E-state index >= 15 is 0 Å². The Labute approximate surface area is 157 Å². The van der Waals surface area contributed by atoms with E-state index in [1.54, 1.807) is 18.4 Å². The monoisotopic (exact) mass is 370 g/mol. The lowest BCUT2D eigenvalue weighted by atomic mass is 10.2. The molecule has 1 aliphatic rings. The molecule has 0 aliphatic carbocycles. The minimum Gasteiger partial charge on any atom is -0.497 e. The summed E-state index contributed by atoms with van der Waals surface area (Å²) in [6, 6.07) is 12.4. The first-order valence-corrected chi connectivity index (χ1v) is 9.63. The van der Waals surface area contributed by atoms with Gasteiger partial charge in [-0.3, -0.25) is 4.90 Å². The van der Waals surface area contributed by atoms with E-state index in [9.17, 15) is 0 Å². The largest absolute Gasteiger partial charge is 0.497 e. The Morgan fingerprint density at radius 3 is 2.50 bits per heavy atom. The lowest BCUT2D eigenvalue weighted by molar-refractivity contribution is 0.174. The molecule has 1 aliphatic heterocycles. The van der Waals surface area contributed by atoms with Gasteiger partial charge >= 0.3 is 0 Å². The van der Waals surface area contributed by atoms with Gasteiger partial charge in [0.15, 0.2) is 0 Å². The van der Waals surface area contributed by atoms with Gasteiger partial charge in [0.2, 0.25) is 5.89 Å². The molecule has 136 valence electrons. The van der Waals surface area contributed by atoms with Gasteiger partial charge in [-0.1, -0.05) is 6.07 Å². The quantitative estimate of drug-likeness (QED) is 0.683. The normalized spacial score (nSPS) is 16.6. The molecule has 1 fully saturated rings. The van der Waals surface area contributed by atoms with Crippen LogP contribution in [0.2, 0.25) is 0 Å². The Morgan fingerprint density at radius 1 is 1.08 bits per heavy atom. The lowest BCUT2D eigenvalue weighted by Gasteiger charge is -2.38. The first-order valence-electron chi connectivity index (χ1n) is 8.75. The Kier molecular flexibility index (Phi) is 4.90. The van der Waals surface area contributed by atoms with Crippen LogP contribution >= 0.6 is 11.3 Å². The van der Waals surface area contributed by atoms with E-state index in [1.807, 2.05) is 29.6 Å². The fourth-order valence-corrected chi connectivity index (χ4v) is 3.86. The van der Waals surface area contributed by atoms with Crippen LogP contribution in [0.15, 0.2) is 46.2 Å². The molecule has 3 aromatic rings. The molecule has 0 spiro atoms. The molecule has 1 atom stereocenters. The van der Waals surface area contributed by atoms with Gasteiger partial charge < -0.3 is 14.1 Å². The molecule has 1 saturated heterocycles. The molecule has 1 aromatic carbocycles. The summed E-state index contributed by atoms with van der Waals surface area (Å²) in [4.78, 5) is 5.81. The predicted octanol–water partition coefficient (Wildman–Crippen LogP) is 3.69. The second-order valence-corrected chi connectivity index (χ2v) is 7.27. The highest BCUT2D eigenvalue weighted by Crippen LogP contribution is 2.28. The van der Waals surface area contributed by atoms with Gasteiger partial charge in [0.05, 0.1) is 18.0 Å². The van der Waals surface area contributed by atoms with Crippen molar-refractivity contribution in [2.45, 2.75) is 13.0 Å². The number of piperazine rings is 1. The second-order valence-electron chi connectivity index (χ2n) is 6.32. The third kappa shape index (κ3) is 3.45. The minimum atomic E-state index is 0.120. The van der Waals surface area contributed by atoms with Crippen LogP contribution < -0.4 is 9.64 Å². The molecule has 0 radical (unpaired) electrons. The van der Waals surface area contributed by atoms with Crippen LogP contribution in [0.25, 0.3) is 10.8 Å². The summed E-state index contributed by atoms with van der Waals surface area (Å²) in [5.41, 5.74) is 1.23. The van der Waals surface area contributed by atoms with E-state index in [0.717, 1.165) is 36.8 Å². The van der Waals surface area contributed by atoms with Gasteiger partial charge in [0, 0.05) is 31.9 Å². The fourth-order valence-electron chi connectivity index (χ4n) is 3.22. The number of rotatable bonds is 5. The predicted molar refractivity (Wildman–Crippen MR) is 103 cm³/mol. The molecule has 4 rings (SSSR count). The van der Waals surface area contributed by atoms with Crippen LogP contribution in [0.1, 0.15) is 18.9 Å². The zero-order valence-electron chi connectivity index (χ0n) is 15.0. The Hall–Kier alpha value is -2.38. The number of nitrogens with zero attached hydrogens (tertiary/aromatic N) is 4. The third-order valence-corrected chi connectivity index (χ3v) is 5.69. The Bertz CT molecular complexity index is 824. The first kappa shape index (κ1) is 17.1. The average molecular weight is 370 g/mol. The van der Waals surface area contributed by atoms with Crippen LogP contribution in [0, 0.1) is 0 Å². The topological polar surface area (TPSA) is 54.6 Å². The number of ether oxygens (including phenoxy) is 1. The van der Waals surface area contributed by atoms with E-state index in [1.165, 1.54) is 5.69 Å². The Morgan fingerprint density at radius 2 is 1.85 bits per heavy atom. The van der Waals surface area contributed by atoms with E-state index in [0.29, 0.717) is 11.8 Å². The molecule has 0 amide bonds. The number of benzene rings is 1. The molecule has 7 heteroatoms. The highest BCUT2D eigenvalue weighted by Gasteiger charge is 2.26. The Balaban J connectivity index is 1.38. The van der Waals surface area contributed by atoms with Crippen molar-refractivity contribution in [1.82, 2.24) is 15.1 Å². The summed E-state index contributed by atoms with van der Waals surface area (Å²) in [6.45, 7) is 6.01. The standard InChI is InChI=1S/C19H22N4O2S/c1-14(18-20-21-19(25-18)17-4-3-13-26-17)22-9-11-23(12-10-22)15-5-7-16(24-2)8-6-15/h3-8,13-14H,9-12H2,1-2H3/t14-/m1/s1. The number of methoxy groups -OCH3 is 1. The van der Waals surface area contributed by atoms with Gasteiger partial charge in [0.25, 0.3) is 5.89 Å². The van der Waals surface area contributed by atoms with Crippen molar-refractivity contribution < 1.29 is 9.15 Å². The SMILES string of the molecule is COc1ccc(N2CCN([C@H](C)c3nnc(-c4cccs4)o3)CC2)cc1.